The molecule has 5 nitrogen and oxygen atoms in total. The highest BCUT2D eigenvalue weighted by Gasteiger charge is 2.25. The summed E-state index contributed by atoms with van der Waals surface area (Å²) < 4.78 is 0. The van der Waals surface area contributed by atoms with Crippen molar-refractivity contribution in [3.05, 3.63) is 65.2 Å². The number of hydrogen-bond acceptors (Lipinski definition) is 4. The Morgan fingerprint density at radius 3 is 2.59 bits per heavy atom. The zero-order valence-corrected chi connectivity index (χ0v) is 11.9. The van der Waals surface area contributed by atoms with Crippen LogP contribution >= 0.6 is 0 Å². The van der Waals surface area contributed by atoms with E-state index in [-0.39, 0.29) is 5.91 Å². The molecular weight excluding hydrogens is 276 g/mol. The first kappa shape index (κ1) is 13.7. The van der Waals surface area contributed by atoms with Crippen LogP contribution in [0.2, 0.25) is 0 Å². The Hall–Kier alpha value is -3.26. The average Bonchev–Trinajstić information content (AvgIpc) is 2.88. The molecule has 0 saturated heterocycles. The summed E-state index contributed by atoms with van der Waals surface area (Å²) in [6.07, 6.45) is 0. The fraction of sp³-hybridized carbons (Fsp3) is 0.0588. The molecule has 2 aromatic carbocycles. The molecule has 0 aromatic heterocycles. The zero-order chi connectivity index (χ0) is 15.5. The number of nitriles is 1. The summed E-state index contributed by atoms with van der Waals surface area (Å²) in [6.45, 7) is 1.81. The van der Waals surface area contributed by atoms with Gasteiger partial charge in [-0.05, 0) is 30.7 Å². The van der Waals surface area contributed by atoms with Crippen molar-refractivity contribution < 1.29 is 4.79 Å². The van der Waals surface area contributed by atoms with Crippen LogP contribution in [0.25, 0.3) is 0 Å². The van der Waals surface area contributed by atoms with Crippen LogP contribution in [0.3, 0.4) is 0 Å². The standard InChI is InChI=1S/C17H12N4O/c1-11(13-8-6-12(10-18)7-9-13)20-21-16-14-4-2-3-5-15(14)19-17(16)22/h2-9H,1H3,(H,19,21,22). The van der Waals surface area contributed by atoms with Crippen molar-refractivity contribution in [3.63, 3.8) is 0 Å². The van der Waals surface area contributed by atoms with Crippen LogP contribution in [0.5, 0.6) is 0 Å². The van der Waals surface area contributed by atoms with Crippen LogP contribution in [0.15, 0.2) is 58.7 Å². The second-order valence-corrected chi connectivity index (χ2v) is 4.82. The van der Waals surface area contributed by atoms with Crippen molar-refractivity contribution in [2.75, 3.05) is 5.32 Å². The maximum Gasteiger partial charge on any atom is 0.276 e. The maximum atomic E-state index is 11.9. The molecule has 0 radical (unpaired) electrons. The van der Waals surface area contributed by atoms with Crippen molar-refractivity contribution in [1.29, 1.82) is 5.26 Å². The maximum absolute atomic E-state index is 11.9. The number of hydrogen-bond donors (Lipinski definition) is 1. The number of nitrogens with zero attached hydrogens (tertiary/aromatic N) is 3. The van der Waals surface area contributed by atoms with Gasteiger partial charge in [0.25, 0.3) is 5.91 Å². The van der Waals surface area contributed by atoms with Crippen LogP contribution in [0, 0.1) is 11.3 Å². The number of amides is 1. The van der Waals surface area contributed by atoms with Crippen molar-refractivity contribution in [3.8, 4) is 6.07 Å². The Bertz CT molecular complexity index is 842. The van der Waals surface area contributed by atoms with Crippen LogP contribution in [0.1, 0.15) is 23.6 Å². The van der Waals surface area contributed by atoms with Crippen LogP contribution < -0.4 is 5.32 Å². The van der Waals surface area contributed by atoms with E-state index in [0.717, 1.165) is 16.8 Å². The van der Waals surface area contributed by atoms with Gasteiger partial charge < -0.3 is 5.32 Å². The highest BCUT2D eigenvalue weighted by Crippen LogP contribution is 2.22. The third-order valence-electron chi connectivity index (χ3n) is 3.38. The van der Waals surface area contributed by atoms with E-state index in [0.29, 0.717) is 17.0 Å². The van der Waals surface area contributed by atoms with Gasteiger partial charge in [0.05, 0.1) is 23.0 Å². The minimum Gasteiger partial charge on any atom is -0.320 e. The lowest BCUT2D eigenvalue weighted by Crippen LogP contribution is -2.14. The highest BCUT2D eigenvalue weighted by atomic mass is 16.2. The van der Waals surface area contributed by atoms with Gasteiger partial charge in [-0.1, -0.05) is 30.3 Å². The molecule has 5 heteroatoms. The Kier molecular flexibility index (Phi) is 3.50. The van der Waals surface area contributed by atoms with Crippen molar-refractivity contribution in [2.45, 2.75) is 6.92 Å². The van der Waals surface area contributed by atoms with E-state index in [2.05, 4.69) is 21.6 Å². The lowest BCUT2D eigenvalue weighted by Gasteiger charge is -1.99. The van der Waals surface area contributed by atoms with E-state index in [1.807, 2.05) is 31.2 Å². The summed E-state index contributed by atoms with van der Waals surface area (Å²) in [5, 5.41) is 19.8. The molecule has 1 aliphatic rings. The Morgan fingerprint density at radius 1 is 1.14 bits per heavy atom. The summed E-state index contributed by atoms with van der Waals surface area (Å²) in [6, 6.07) is 16.5. The summed E-state index contributed by atoms with van der Waals surface area (Å²) in [5.41, 5.74) is 3.93. The first-order valence-electron chi connectivity index (χ1n) is 6.72. The second-order valence-electron chi connectivity index (χ2n) is 4.82. The first-order chi connectivity index (χ1) is 10.7. The second kappa shape index (κ2) is 5.62. The van der Waals surface area contributed by atoms with Crippen molar-refractivity contribution in [1.82, 2.24) is 0 Å². The third-order valence-corrected chi connectivity index (χ3v) is 3.38. The Balaban J connectivity index is 1.92. The van der Waals surface area contributed by atoms with Crippen molar-refractivity contribution in [2.24, 2.45) is 10.2 Å². The summed E-state index contributed by atoms with van der Waals surface area (Å²) in [5.74, 6) is -0.252. The molecule has 2 aromatic rings. The molecule has 0 spiro atoms. The van der Waals surface area contributed by atoms with Crippen LogP contribution in [-0.2, 0) is 4.79 Å². The van der Waals surface area contributed by atoms with Gasteiger partial charge in [-0.2, -0.15) is 10.4 Å². The zero-order valence-electron chi connectivity index (χ0n) is 11.9. The van der Waals surface area contributed by atoms with E-state index >= 15 is 0 Å². The lowest BCUT2D eigenvalue weighted by molar-refractivity contribution is -0.110. The van der Waals surface area contributed by atoms with Gasteiger partial charge in [-0.15, -0.1) is 5.10 Å². The molecule has 1 N–H and O–H groups in total. The van der Waals surface area contributed by atoms with Gasteiger partial charge in [-0.25, -0.2) is 0 Å². The molecule has 1 aliphatic heterocycles. The predicted octanol–water partition coefficient (Wildman–Crippen LogP) is 2.72. The third kappa shape index (κ3) is 2.50. The minimum atomic E-state index is -0.252. The molecule has 22 heavy (non-hydrogen) atoms. The fourth-order valence-corrected chi connectivity index (χ4v) is 2.17. The smallest absolute Gasteiger partial charge is 0.276 e. The number of para-hydroxylation sites is 1. The number of benzene rings is 2. The quantitative estimate of drug-likeness (QED) is 0.681. The minimum absolute atomic E-state index is 0.252. The molecule has 0 unspecified atom stereocenters. The molecule has 1 amide bonds. The monoisotopic (exact) mass is 288 g/mol. The van der Waals surface area contributed by atoms with E-state index < -0.39 is 0 Å². The molecule has 0 aliphatic carbocycles. The molecule has 0 bridgehead atoms. The molecule has 0 saturated carbocycles. The fourth-order valence-electron chi connectivity index (χ4n) is 2.17. The molecule has 0 atom stereocenters. The Morgan fingerprint density at radius 2 is 1.86 bits per heavy atom. The number of fused-ring (bicyclic) bond motifs is 1. The molecule has 1 heterocycles. The number of anilines is 1. The van der Waals surface area contributed by atoms with E-state index in [4.69, 9.17) is 5.26 Å². The van der Waals surface area contributed by atoms with Gasteiger partial charge in [0.15, 0.2) is 5.71 Å². The van der Waals surface area contributed by atoms with Gasteiger partial charge in [0.1, 0.15) is 0 Å². The van der Waals surface area contributed by atoms with Gasteiger partial charge in [0, 0.05) is 5.56 Å². The summed E-state index contributed by atoms with van der Waals surface area (Å²) in [7, 11) is 0. The van der Waals surface area contributed by atoms with E-state index in [1.54, 1.807) is 24.3 Å². The summed E-state index contributed by atoms with van der Waals surface area (Å²) in [4.78, 5) is 11.9. The van der Waals surface area contributed by atoms with Gasteiger partial charge in [0.2, 0.25) is 0 Å². The number of nitrogens with one attached hydrogen (secondary N) is 1. The average molecular weight is 288 g/mol. The molecular formula is C17H12N4O. The van der Waals surface area contributed by atoms with Gasteiger partial charge >= 0.3 is 0 Å². The molecule has 106 valence electrons. The number of rotatable bonds is 2. The highest BCUT2D eigenvalue weighted by molar-refractivity contribution is 6.53. The van der Waals surface area contributed by atoms with E-state index in [9.17, 15) is 4.79 Å². The normalized spacial score (nSPS) is 15.4. The Labute approximate surface area is 127 Å². The first-order valence-corrected chi connectivity index (χ1v) is 6.72. The number of carbonyl (C=O) groups excluding carboxylic acids is 1. The summed E-state index contributed by atoms with van der Waals surface area (Å²) >= 11 is 0. The SMILES string of the molecule is CC(=NN=C1C(=O)Nc2ccccc21)c1ccc(C#N)cc1. The topological polar surface area (TPSA) is 77.6 Å². The lowest BCUT2D eigenvalue weighted by atomic mass is 10.1. The largest absolute Gasteiger partial charge is 0.320 e. The molecule has 3 rings (SSSR count). The van der Waals surface area contributed by atoms with E-state index in [1.165, 1.54) is 0 Å². The van der Waals surface area contributed by atoms with Gasteiger partial charge in [-0.3, -0.25) is 4.79 Å². The van der Waals surface area contributed by atoms with Crippen molar-refractivity contribution >= 4 is 23.0 Å². The predicted molar refractivity (Wildman–Crippen MR) is 85.0 cm³/mol. The van der Waals surface area contributed by atoms with Crippen LogP contribution in [0.4, 0.5) is 5.69 Å². The molecule has 0 fully saturated rings. The van der Waals surface area contributed by atoms with Crippen LogP contribution in [-0.4, -0.2) is 17.3 Å². The number of carbonyl (C=O) groups is 1.